The number of carbonyl (C=O) groups is 4. The summed E-state index contributed by atoms with van der Waals surface area (Å²) < 4.78 is 0. The van der Waals surface area contributed by atoms with E-state index in [-0.39, 0.29) is 49.4 Å². The smallest absolute Gasteiger partial charge is 0.234 e. The molecule has 0 heterocycles. The zero-order chi connectivity index (χ0) is 18.5. The number of hydrogen-bond donors (Lipinski definition) is 2. The lowest BCUT2D eigenvalue weighted by atomic mass is 10.3. The molecule has 0 aromatic rings. The van der Waals surface area contributed by atoms with Crippen LogP contribution in [0.4, 0.5) is 0 Å². The Bertz CT molecular complexity index is 424. The molecule has 0 aliphatic rings. The lowest BCUT2D eigenvalue weighted by molar-refractivity contribution is -0.125. The number of Topliss-reactive ketones (excluding diaryl/α,β-unsaturated/α-hetero) is 3. The minimum Gasteiger partial charge on any atom is -0.354 e. The van der Waals surface area contributed by atoms with Gasteiger partial charge in [-0.15, -0.1) is 0 Å². The Morgan fingerprint density at radius 1 is 0.708 bits per heavy atom. The second-order valence-electron chi connectivity index (χ2n) is 5.98. The minimum atomic E-state index is -0.156. The molecule has 0 saturated heterocycles. The number of hydrogen-bond acceptors (Lipinski definition) is 7. The summed E-state index contributed by atoms with van der Waals surface area (Å²) in [6, 6.07) is 0. The maximum atomic E-state index is 11.9. The summed E-state index contributed by atoms with van der Waals surface area (Å²) in [6.45, 7) is 7.10. The summed E-state index contributed by atoms with van der Waals surface area (Å²) >= 11 is 0. The number of likely N-dealkylation sites (N-methyl/N-ethyl adjacent to an activating group) is 1. The van der Waals surface area contributed by atoms with Crippen LogP contribution in [0.1, 0.15) is 20.8 Å². The van der Waals surface area contributed by atoms with Crippen molar-refractivity contribution in [2.24, 2.45) is 0 Å². The fraction of sp³-hybridized carbons (Fsp3) is 0.750. The van der Waals surface area contributed by atoms with Gasteiger partial charge in [0.15, 0.2) is 0 Å². The van der Waals surface area contributed by atoms with Crippen molar-refractivity contribution in [3.63, 3.8) is 0 Å². The summed E-state index contributed by atoms with van der Waals surface area (Å²) in [4.78, 5) is 49.3. The van der Waals surface area contributed by atoms with Crippen LogP contribution in [0.15, 0.2) is 0 Å². The molecule has 0 bridgehead atoms. The van der Waals surface area contributed by atoms with Crippen LogP contribution in [0.2, 0.25) is 0 Å². The van der Waals surface area contributed by atoms with Gasteiger partial charge >= 0.3 is 0 Å². The first-order valence-electron chi connectivity index (χ1n) is 8.09. The normalized spacial score (nSPS) is 10.9. The van der Waals surface area contributed by atoms with Gasteiger partial charge in [0.05, 0.1) is 26.2 Å². The van der Waals surface area contributed by atoms with E-state index in [9.17, 15) is 19.2 Å². The number of nitrogens with one attached hydrogen (secondary N) is 2. The molecule has 0 aliphatic heterocycles. The van der Waals surface area contributed by atoms with E-state index in [1.807, 2.05) is 0 Å². The molecule has 0 rings (SSSR count). The summed E-state index contributed by atoms with van der Waals surface area (Å²) in [5.74, 6) is -0.253. The van der Waals surface area contributed by atoms with Gasteiger partial charge in [0.25, 0.3) is 0 Å². The SMILES string of the molecule is CNCCNC(=O)CN(CCN(CC(C)=O)CC(C)=O)CC(C)=O. The maximum absolute atomic E-state index is 11.9. The van der Waals surface area contributed by atoms with Crippen LogP contribution in [-0.2, 0) is 19.2 Å². The van der Waals surface area contributed by atoms with Gasteiger partial charge < -0.3 is 10.6 Å². The minimum absolute atomic E-state index is 0.0285. The van der Waals surface area contributed by atoms with Crippen LogP contribution >= 0.6 is 0 Å². The molecule has 8 nitrogen and oxygen atoms in total. The fourth-order valence-electron chi connectivity index (χ4n) is 2.24. The van der Waals surface area contributed by atoms with Crippen LogP contribution in [-0.4, -0.2) is 92.5 Å². The van der Waals surface area contributed by atoms with Gasteiger partial charge in [-0.1, -0.05) is 0 Å². The molecule has 0 spiro atoms. The molecule has 0 aromatic carbocycles. The number of carbonyl (C=O) groups excluding carboxylic acids is 4. The van der Waals surface area contributed by atoms with Crippen LogP contribution < -0.4 is 10.6 Å². The predicted molar refractivity (Wildman–Crippen MR) is 91.9 cm³/mol. The fourth-order valence-corrected chi connectivity index (χ4v) is 2.24. The van der Waals surface area contributed by atoms with Gasteiger partial charge in [0.2, 0.25) is 5.91 Å². The monoisotopic (exact) mass is 342 g/mol. The Kier molecular flexibility index (Phi) is 11.9. The molecule has 0 fully saturated rings. The van der Waals surface area contributed by atoms with E-state index in [0.717, 1.165) is 0 Å². The van der Waals surface area contributed by atoms with Gasteiger partial charge in [-0.25, -0.2) is 0 Å². The molecule has 24 heavy (non-hydrogen) atoms. The van der Waals surface area contributed by atoms with Crippen molar-refractivity contribution in [1.82, 2.24) is 20.4 Å². The number of rotatable bonds is 14. The molecule has 8 heteroatoms. The highest BCUT2D eigenvalue weighted by Gasteiger charge is 2.16. The van der Waals surface area contributed by atoms with E-state index in [1.54, 1.807) is 16.8 Å². The summed E-state index contributed by atoms with van der Waals surface area (Å²) in [5.41, 5.74) is 0. The zero-order valence-corrected chi connectivity index (χ0v) is 15.2. The first-order valence-corrected chi connectivity index (χ1v) is 8.09. The highest BCUT2D eigenvalue weighted by atomic mass is 16.2. The molecule has 0 unspecified atom stereocenters. The van der Waals surface area contributed by atoms with E-state index in [2.05, 4.69) is 10.6 Å². The largest absolute Gasteiger partial charge is 0.354 e. The average molecular weight is 342 g/mol. The molecule has 2 N–H and O–H groups in total. The van der Waals surface area contributed by atoms with Gasteiger partial charge in [-0.3, -0.25) is 29.0 Å². The predicted octanol–water partition coefficient (Wildman–Crippen LogP) is -1.31. The maximum Gasteiger partial charge on any atom is 0.234 e. The van der Waals surface area contributed by atoms with Crippen molar-refractivity contribution in [3.05, 3.63) is 0 Å². The standard InChI is InChI=1S/C16H30N4O4/c1-13(21)9-19(10-14(2)22)7-8-20(11-15(3)23)12-16(24)18-6-5-17-4/h17H,5-12H2,1-4H3,(H,18,24). The van der Waals surface area contributed by atoms with Crippen LogP contribution in [0.5, 0.6) is 0 Å². The van der Waals surface area contributed by atoms with Crippen molar-refractivity contribution in [2.75, 3.05) is 59.4 Å². The molecule has 0 aliphatic carbocycles. The first-order chi connectivity index (χ1) is 11.2. The summed E-state index contributed by atoms with van der Waals surface area (Å²) in [5, 5.41) is 5.70. The summed E-state index contributed by atoms with van der Waals surface area (Å²) in [6.07, 6.45) is 0. The highest BCUT2D eigenvalue weighted by molar-refractivity contribution is 5.81. The van der Waals surface area contributed by atoms with Crippen LogP contribution in [0.3, 0.4) is 0 Å². The van der Waals surface area contributed by atoms with Gasteiger partial charge in [-0.05, 0) is 27.8 Å². The summed E-state index contributed by atoms with van der Waals surface area (Å²) in [7, 11) is 1.80. The second kappa shape index (κ2) is 12.7. The third-order valence-electron chi connectivity index (χ3n) is 3.14. The number of amides is 1. The third kappa shape index (κ3) is 12.9. The van der Waals surface area contributed by atoms with Gasteiger partial charge in [-0.2, -0.15) is 0 Å². The van der Waals surface area contributed by atoms with Crippen molar-refractivity contribution in [2.45, 2.75) is 20.8 Å². The van der Waals surface area contributed by atoms with Gasteiger partial charge in [0.1, 0.15) is 17.3 Å². The lowest BCUT2D eigenvalue weighted by Gasteiger charge is -2.25. The Morgan fingerprint density at radius 3 is 1.50 bits per heavy atom. The Morgan fingerprint density at radius 2 is 1.12 bits per heavy atom. The topological polar surface area (TPSA) is 98.8 Å². The molecule has 0 radical (unpaired) electrons. The van der Waals surface area contributed by atoms with E-state index in [4.69, 9.17) is 0 Å². The highest BCUT2D eigenvalue weighted by Crippen LogP contribution is 1.95. The molecule has 0 saturated carbocycles. The molecule has 138 valence electrons. The van der Waals surface area contributed by atoms with Gasteiger partial charge in [0, 0.05) is 26.2 Å². The number of nitrogens with zero attached hydrogens (tertiary/aromatic N) is 2. The van der Waals surface area contributed by atoms with E-state index < -0.39 is 0 Å². The van der Waals surface area contributed by atoms with Crippen LogP contribution in [0, 0.1) is 0 Å². The molecule has 1 amide bonds. The Labute approximate surface area is 143 Å². The van der Waals surface area contributed by atoms with Crippen LogP contribution in [0.25, 0.3) is 0 Å². The second-order valence-corrected chi connectivity index (χ2v) is 5.98. The van der Waals surface area contributed by atoms with Crippen molar-refractivity contribution >= 4 is 23.3 Å². The molecular formula is C16H30N4O4. The van der Waals surface area contributed by atoms with E-state index >= 15 is 0 Å². The quantitative estimate of drug-likeness (QED) is 0.378. The van der Waals surface area contributed by atoms with E-state index in [1.165, 1.54) is 20.8 Å². The van der Waals surface area contributed by atoms with Crippen molar-refractivity contribution in [1.29, 1.82) is 0 Å². The molecule has 0 aromatic heterocycles. The van der Waals surface area contributed by atoms with Crippen molar-refractivity contribution < 1.29 is 19.2 Å². The van der Waals surface area contributed by atoms with E-state index in [0.29, 0.717) is 26.2 Å². The van der Waals surface area contributed by atoms with Crippen molar-refractivity contribution in [3.8, 4) is 0 Å². The Hall–Kier alpha value is -1.64. The first kappa shape index (κ1) is 22.4. The number of ketones is 3. The molecular weight excluding hydrogens is 312 g/mol. The molecule has 0 atom stereocenters. The third-order valence-corrected chi connectivity index (χ3v) is 3.14. The Balaban J connectivity index is 4.56. The average Bonchev–Trinajstić information content (AvgIpc) is 2.43. The zero-order valence-electron chi connectivity index (χ0n) is 15.2. The lowest BCUT2D eigenvalue weighted by Crippen LogP contribution is -2.45.